The molecule has 8 N–H and O–H groups in total. The van der Waals surface area contributed by atoms with Gasteiger partial charge in [-0.2, -0.15) is 0 Å². The molecule has 6 rings (SSSR count). The minimum atomic E-state index is -1.94. The number of pyridine rings is 2. The van der Waals surface area contributed by atoms with Crippen LogP contribution in [0.4, 0.5) is 10.5 Å². The van der Waals surface area contributed by atoms with E-state index in [1.165, 1.54) is 0 Å². The number of anilines is 1. The number of rotatable bonds is 13. The molecule has 0 bridgehead atoms. The van der Waals surface area contributed by atoms with Gasteiger partial charge in [0.25, 0.3) is 5.56 Å². The maximum absolute atomic E-state index is 14.0. The Morgan fingerprint density at radius 3 is 2.47 bits per heavy atom. The number of fused-ring (bicyclic) bond motifs is 5. The van der Waals surface area contributed by atoms with E-state index < -0.39 is 47.5 Å². The van der Waals surface area contributed by atoms with Crippen LogP contribution in [0.2, 0.25) is 0 Å². The lowest BCUT2D eigenvalue weighted by Crippen LogP contribution is -2.53. The number of aliphatic hydroxyl groups is 1. The molecule has 57 heavy (non-hydrogen) atoms. The van der Waals surface area contributed by atoms with E-state index >= 15 is 0 Å². The zero-order valence-electron chi connectivity index (χ0n) is 33.3. The van der Waals surface area contributed by atoms with Crippen molar-refractivity contribution in [2.45, 2.75) is 117 Å². The van der Waals surface area contributed by atoms with Gasteiger partial charge in [0.05, 0.1) is 41.6 Å². The number of nitrogens with one attached hydrogen (secondary N) is 4. The summed E-state index contributed by atoms with van der Waals surface area (Å²) in [4.78, 5) is 82.2. The number of aryl methyl sites for hydroxylation is 1. The minimum absolute atomic E-state index is 0.0386. The second-order valence-electron chi connectivity index (χ2n) is 16.7. The maximum Gasteiger partial charge on any atom is 0.404 e. The fraction of sp³-hybridized carbons (Fsp3) is 0.537. The number of aromatic nitrogens is 2. The van der Waals surface area contributed by atoms with E-state index in [9.17, 15) is 33.9 Å². The van der Waals surface area contributed by atoms with Crippen molar-refractivity contribution < 1.29 is 38.9 Å². The Morgan fingerprint density at radius 2 is 1.81 bits per heavy atom. The predicted octanol–water partition coefficient (Wildman–Crippen LogP) is 3.12. The van der Waals surface area contributed by atoms with Crippen molar-refractivity contribution in [3.8, 4) is 11.4 Å². The topological polar surface area (TPSA) is 244 Å². The summed E-state index contributed by atoms with van der Waals surface area (Å²) in [5.41, 5.74) is 9.27. The van der Waals surface area contributed by atoms with Crippen molar-refractivity contribution >= 4 is 46.4 Å². The van der Waals surface area contributed by atoms with Gasteiger partial charge in [-0.15, -0.1) is 0 Å². The van der Waals surface area contributed by atoms with Crippen molar-refractivity contribution in [3.63, 3.8) is 0 Å². The van der Waals surface area contributed by atoms with Crippen molar-refractivity contribution in [1.29, 1.82) is 0 Å². The summed E-state index contributed by atoms with van der Waals surface area (Å²) in [6.07, 6.45) is 1.35. The quantitative estimate of drug-likeness (QED) is 0.0767. The predicted molar refractivity (Wildman–Crippen MR) is 211 cm³/mol. The number of hydrogen-bond donors (Lipinski definition) is 7. The molecule has 1 unspecified atom stereocenters. The summed E-state index contributed by atoms with van der Waals surface area (Å²) in [6.45, 7) is 11.6. The van der Waals surface area contributed by atoms with Gasteiger partial charge in [0.1, 0.15) is 12.6 Å². The SMILES string of the molecule is CCC1(O)C(=O)OCc2c1cc1n(c2=O)Cc2c-1nc1ccc(NC(=O)CNC(=O)[C@H](CCCCNC(=O)O)NC(=O)[C@@H](N)C(C)C)c3c1c2[C@H](C(C)(C)C)CC3. The molecular formula is C41H53N7O9. The Bertz CT molecular complexity index is 2210. The number of amides is 4. The number of carbonyl (C=O) groups is 5. The van der Waals surface area contributed by atoms with Gasteiger partial charge in [-0.05, 0) is 85.1 Å². The summed E-state index contributed by atoms with van der Waals surface area (Å²) in [5.74, 6) is -2.44. The highest BCUT2D eigenvalue weighted by molar-refractivity contribution is 6.01. The van der Waals surface area contributed by atoms with Crippen LogP contribution in [0.5, 0.6) is 0 Å². The van der Waals surface area contributed by atoms with E-state index in [0.29, 0.717) is 41.9 Å². The number of benzene rings is 1. The summed E-state index contributed by atoms with van der Waals surface area (Å²) in [7, 11) is 0. The third kappa shape index (κ3) is 7.84. The first-order valence-corrected chi connectivity index (χ1v) is 19.6. The van der Waals surface area contributed by atoms with Crippen molar-refractivity contribution in [2.24, 2.45) is 17.1 Å². The molecule has 1 aromatic carbocycles. The molecular weight excluding hydrogens is 734 g/mol. The van der Waals surface area contributed by atoms with E-state index in [1.54, 1.807) is 37.5 Å². The van der Waals surface area contributed by atoms with Crippen LogP contribution in [0.15, 0.2) is 23.0 Å². The Labute approximate surface area is 330 Å². The van der Waals surface area contributed by atoms with Crippen LogP contribution in [0, 0.1) is 11.3 Å². The van der Waals surface area contributed by atoms with Crippen LogP contribution in [0.25, 0.3) is 22.3 Å². The highest BCUT2D eigenvalue weighted by atomic mass is 16.6. The summed E-state index contributed by atoms with van der Waals surface area (Å²) in [6, 6.07) is 3.48. The maximum atomic E-state index is 14.0. The number of nitrogens with zero attached hydrogens (tertiary/aromatic N) is 2. The lowest BCUT2D eigenvalue weighted by atomic mass is 9.68. The summed E-state index contributed by atoms with van der Waals surface area (Å²) < 4.78 is 6.89. The van der Waals surface area contributed by atoms with Crippen molar-refractivity contribution in [3.05, 3.63) is 56.4 Å². The lowest BCUT2D eigenvalue weighted by molar-refractivity contribution is -0.172. The fourth-order valence-electron chi connectivity index (χ4n) is 8.33. The molecule has 0 saturated heterocycles. The third-order valence-corrected chi connectivity index (χ3v) is 11.6. The number of nitrogens with two attached hydrogens (primary N) is 1. The zero-order chi connectivity index (χ0) is 41.6. The molecule has 3 aromatic rings. The first-order chi connectivity index (χ1) is 26.9. The highest BCUT2D eigenvalue weighted by Gasteiger charge is 2.46. The molecule has 0 saturated carbocycles. The molecule has 3 aliphatic rings. The van der Waals surface area contributed by atoms with E-state index in [0.717, 1.165) is 28.5 Å². The van der Waals surface area contributed by atoms with Crippen LogP contribution in [-0.4, -0.2) is 74.7 Å². The summed E-state index contributed by atoms with van der Waals surface area (Å²) in [5, 5.41) is 31.7. The molecule has 4 amide bonds. The van der Waals surface area contributed by atoms with Crippen LogP contribution >= 0.6 is 0 Å². The molecule has 0 radical (unpaired) electrons. The van der Waals surface area contributed by atoms with Crippen molar-refractivity contribution in [1.82, 2.24) is 25.5 Å². The number of hydrogen-bond acceptors (Lipinski definition) is 10. The Hall–Kier alpha value is -5.35. The van der Waals surface area contributed by atoms with Gasteiger partial charge in [-0.1, -0.05) is 41.5 Å². The van der Waals surface area contributed by atoms with E-state index in [2.05, 4.69) is 42.0 Å². The number of carbonyl (C=O) groups excluding carboxylic acids is 4. The average molecular weight is 788 g/mol. The Balaban J connectivity index is 1.28. The molecule has 0 spiro atoms. The number of carboxylic acid groups (broad SMARTS) is 1. The Kier molecular flexibility index (Phi) is 11.5. The van der Waals surface area contributed by atoms with Gasteiger partial charge in [0.15, 0.2) is 5.60 Å². The molecule has 306 valence electrons. The third-order valence-electron chi connectivity index (χ3n) is 11.6. The van der Waals surface area contributed by atoms with Crippen LogP contribution in [0.3, 0.4) is 0 Å². The monoisotopic (exact) mass is 787 g/mol. The van der Waals surface area contributed by atoms with Crippen LogP contribution in [0.1, 0.15) is 107 Å². The fourth-order valence-corrected chi connectivity index (χ4v) is 8.33. The zero-order valence-corrected chi connectivity index (χ0v) is 33.3. The number of unbranched alkanes of at least 4 members (excludes halogenated alkanes) is 1. The first kappa shape index (κ1) is 41.3. The van der Waals surface area contributed by atoms with E-state index in [4.69, 9.17) is 20.6 Å². The number of esters is 1. The summed E-state index contributed by atoms with van der Waals surface area (Å²) >= 11 is 0. The molecule has 16 nitrogen and oxygen atoms in total. The first-order valence-electron chi connectivity index (χ1n) is 19.6. The van der Waals surface area contributed by atoms with Gasteiger partial charge in [0.2, 0.25) is 17.7 Å². The molecule has 4 heterocycles. The molecule has 16 heteroatoms. The van der Waals surface area contributed by atoms with Crippen LogP contribution < -0.4 is 32.6 Å². The van der Waals surface area contributed by atoms with Crippen LogP contribution in [-0.2, 0) is 49.1 Å². The smallest absolute Gasteiger partial charge is 0.404 e. The van der Waals surface area contributed by atoms with Gasteiger partial charge in [-0.25, -0.2) is 14.6 Å². The Morgan fingerprint density at radius 1 is 1.07 bits per heavy atom. The molecule has 1 aliphatic carbocycles. The van der Waals surface area contributed by atoms with Gasteiger partial charge < -0.3 is 46.5 Å². The molecule has 4 atom stereocenters. The largest absolute Gasteiger partial charge is 0.465 e. The average Bonchev–Trinajstić information content (AvgIpc) is 3.53. The standard InChI is InChI=1S/C41H53N7O9/c1-7-41(56)25-16-29-34-22(18-48(29)37(52)23(25)19-57-38(41)53)31-24(40(4,5)6)12-11-21-26(13-14-27(46-34)32(21)31)45-30(49)17-44-35(50)28(10-8-9-15-43-39(54)55)47-36(51)33(42)20(2)3/h13-14,16,20,24,28,33,43,56H,7-12,15,17-19,42H2,1-6H3,(H,44,50)(H,45,49)(H,47,51)(H,54,55)/t24-,28+,33+,41?/m1/s1. The van der Waals surface area contributed by atoms with Gasteiger partial charge in [-0.3, -0.25) is 19.2 Å². The van der Waals surface area contributed by atoms with Gasteiger partial charge in [0, 0.05) is 28.7 Å². The number of cyclic esters (lactones) is 1. The van der Waals surface area contributed by atoms with Crippen molar-refractivity contribution in [2.75, 3.05) is 18.4 Å². The lowest BCUT2D eigenvalue weighted by Gasteiger charge is -2.37. The minimum Gasteiger partial charge on any atom is -0.465 e. The normalized spacial score (nSPS) is 19.2. The second-order valence-corrected chi connectivity index (χ2v) is 16.7. The second kappa shape index (κ2) is 15.9. The van der Waals surface area contributed by atoms with Gasteiger partial charge >= 0.3 is 12.1 Å². The molecule has 0 fully saturated rings. The van der Waals surface area contributed by atoms with E-state index in [-0.39, 0.29) is 73.0 Å². The highest BCUT2D eigenvalue weighted by Crippen LogP contribution is 2.51. The molecule has 2 aromatic heterocycles. The molecule has 2 aliphatic heterocycles. The van der Waals surface area contributed by atoms with E-state index in [1.807, 2.05) is 6.07 Å². The number of ether oxygens (including phenoxy) is 1.